The molecule has 2 amide bonds. The van der Waals surface area contributed by atoms with E-state index in [1.807, 2.05) is 43.3 Å². The van der Waals surface area contributed by atoms with E-state index in [-0.39, 0.29) is 22.8 Å². The van der Waals surface area contributed by atoms with E-state index in [0.717, 1.165) is 27.4 Å². The lowest BCUT2D eigenvalue weighted by atomic mass is 10.1. The van der Waals surface area contributed by atoms with Gasteiger partial charge in [0, 0.05) is 10.0 Å². The van der Waals surface area contributed by atoms with Crippen molar-refractivity contribution in [1.29, 1.82) is 0 Å². The monoisotopic (exact) mass is 446 g/mol. The predicted octanol–water partition coefficient (Wildman–Crippen LogP) is 3.36. The summed E-state index contributed by atoms with van der Waals surface area (Å²) in [6, 6.07) is 14.5. The van der Waals surface area contributed by atoms with E-state index in [2.05, 4.69) is 37.0 Å². The lowest BCUT2D eigenvalue weighted by molar-refractivity contribution is -0.119. The average molecular weight is 447 g/mol. The van der Waals surface area contributed by atoms with Gasteiger partial charge >= 0.3 is 0 Å². The van der Waals surface area contributed by atoms with E-state index in [9.17, 15) is 9.59 Å². The van der Waals surface area contributed by atoms with E-state index < -0.39 is 0 Å². The van der Waals surface area contributed by atoms with E-state index in [0.29, 0.717) is 11.5 Å². The molecule has 0 spiro atoms. The summed E-state index contributed by atoms with van der Waals surface area (Å²) in [6.07, 6.45) is 0. The van der Waals surface area contributed by atoms with Crippen LogP contribution in [0.2, 0.25) is 0 Å². The summed E-state index contributed by atoms with van der Waals surface area (Å²) < 4.78 is 6.39. The summed E-state index contributed by atoms with van der Waals surface area (Å²) in [6.45, 7) is 1.93. The molecular weight excluding hydrogens is 432 g/mol. The summed E-state index contributed by atoms with van der Waals surface area (Å²) in [7, 11) is 0. The Kier molecular flexibility index (Phi) is 6.25. The lowest BCUT2D eigenvalue weighted by Gasteiger charge is -2.06. The molecule has 1 aromatic heterocycles. The van der Waals surface area contributed by atoms with Crippen molar-refractivity contribution in [2.75, 3.05) is 5.75 Å². The van der Waals surface area contributed by atoms with Crippen molar-refractivity contribution in [3.63, 3.8) is 0 Å². The Bertz CT molecular complexity index is 959. The van der Waals surface area contributed by atoms with Crippen LogP contribution in [0.3, 0.4) is 0 Å². The second-order valence-corrected chi connectivity index (χ2v) is 7.29. The van der Waals surface area contributed by atoms with Gasteiger partial charge in [-0.05, 0) is 47.1 Å². The van der Waals surface area contributed by atoms with Crippen molar-refractivity contribution in [2.45, 2.75) is 12.1 Å². The first-order chi connectivity index (χ1) is 13.0. The van der Waals surface area contributed by atoms with Crippen molar-refractivity contribution in [2.24, 2.45) is 0 Å². The molecule has 3 rings (SSSR count). The maximum atomic E-state index is 11.9. The van der Waals surface area contributed by atoms with Crippen LogP contribution in [0.25, 0.3) is 11.5 Å². The highest BCUT2D eigenvalue weighted by molar-refractivity contribution is 9.10. The molecule has 3 aromatic rings. The molecular formula is C18H15BrN4O3S. The third-order valence-corrected chi connectivity index (χ3v) is 4.98. The molecule has 0 fully saturated rings. The average Bonchev–Trinajstić information content (AvgIpc) is 3.14. The van der Waals surface area contributed by atoms with E-state index in [1.165, 1.54) is 0 Å². The number of nitrogens with zero attached hydrogens (tertiary/aromatic N) is 2. The van der Waals surface area contributed by atoms with Crippen molar-refractivity contribution in [3.8, 4) is 11.5 Å². The van der Waals surface area contributed by atoms with Gasteiger partial charge in [0.05, 0.1) is 11.3 Å². The molecule has 0 saturated carbocycles. The van der Waals surface area contributed by atoms with Crippen LogP contribution in [0.15, 0.2) is 62.6 Å². The highest BCUT2D eigenvalue weighted by atomic mass is 79.9. The summed E-state index contributed by atoms with van der Waals surface area (Å²) in [5.74, 6) is -0.396. The maximum Gasteiger partial charge on any atom is 0.277 e. The van der Waals surface area contributed by atoms with Crippen molar-refractivity contribution in [1.82, 2.24) is 21.0 Å². The van der Waals surface area contributed by atoms with Crippen molar-refractivity contribution >= 4 is 39.5 Å². The number of halogens is 1. The Balaban J connectivity index is 1.49. The van der Waals surface area contributed by atoms with Gasteiger partial charge in [-0.1, -0.05) is 41.6 Å². The Hall–Kier alpha value is -2.65. The molecule has 1 heterocycles. The highest BCUT2D eigenvalue weighted by Crippen LogP contribution is 2.28. The molecule has 0 aliphatic carbocycles. The van der Waals surface area contributed by atoms with Gasteiger partial charge < -0.3 is 4.42 Å². The molecule has 0 saturated heterocycles. The molecule has 138 valence electrons. The zero-order valence-corrected chi connectivity index (χ0v) is 16.6. The molecule has 0 atom stereocenters. The molecule has 9 heteroatoms. The minimum absolute atomic E-state index is 0.0196. The molecule has 2 aromatic carbocycles. The number of aromatic nitrogens is 2. The van der Waals surface area contributed by atoms with E-state index in [4.69, 9.17) is 4.42 Å². The Morgan fingerprint density at radius 2 is 1.81 bits per heavy atom. The van der Waals surface area contributed by atoms with Crippen LogP contribution in [-0.4, -0.2) is 27.8 Å². The predicted molar refractivity (Wildman–Crippen MR) is 105 cm³/mol. The molecule has 27 heavy (non-hydrogen) atoms. The first-order valence-corrected chi connectivity index (χ1v) is 9.68. The summed E-state index contributed by atoms with van der Waals surface area (Å²) >= 11 is 4.50. The molecule has 0 bridgehead atoms. The molecule has 0 aliphatic rings. The number of amides is 2. The second kappa shape index (κ2) is 8.83. The number of rotatable bonds is 5. The van der Waals surface area contributed by atoms with Gasteiger partial charge in [0.1, 0.15) is 0 Å². The van der Waals surface area contributed by atoms with Gasteiger partial charge in [-0.2, -0.15) is 0 Å². The first kappa shape index (κ1) is 19.1. The van der Waals surface area contributed by atoms with Crippen LogP contribution >= 0.6 is 27.7 Å². The van der Waals surface area contributed by atoms with Crippen LogP contribution < -0.4 is 10.9 Å². The maximum absolute atomic E-state index is 11.9. The van der Waals surface area contributed by atoms with Crippen LogP contribution in [0.4, 0.5) is 0 Å². The van der Waals surface area contributed by atoms with Crippen molar-refractivity contribution < 1.29 is 14.0 Å². The number of carbonyl (C=O) groups excluding carboxylic acids is 2. The number of thioether (sulfide) groups is 1. The zero-order chi connectivity index (χ0) is 19.2. The molecule has 7 nitrogen and oxygen atoms in total. The Morgan fingerprint density at radius 3 is 2.56 bits per heavy atom. The number of nitrogens with one attached hydrogen (secondary N) is 2. The van der Waals surface area contributed by atoms with E-state index in [1.54, 1.807) is 12.1 Å². The largest absolute Gasteiger partial charge is 0.411 e. The minimum Gasteiger partial charge on any atom is -0.411 e. The fourth-order valence-electron chi connectivity index (χ4n) is 2.08. The zero-order valence-electron chi connectivity index (χ0n) is 14.2. The Morgan fingerprint density at radius 1 is 1.07 bits per heavy atom. The van der Waals surface area contributed by atoms with Gasteiger partial charge in [-0.25, -0.2) is 0 Å². The number of benzene rings is 2. The third-order valence-electron chi connectivity index (χ3n) is 3.47. The minimum atomic E-state index is -0.388. The summed E-state index contributed by atoms with van der Waals surface area (Å²) in [4.78, 5) is 23.8. The summed E-state index contributed by atoms with van der Waals surface area (Å²) in [5.41, 5.74) is 7.01. The Labute approximate surface area is 168 Å². The molecule has 0 unspecified atom stereocenters. The topological polar surface area (TPSA) is 97.1 Å². The van der Waals surface area contributed by atoms with Gasteiger partial charge in [0.2, 0.25) is 11.8 Å². The molecule has 2 N–H and O–H groups in total. The number of hydrazine groups is 1. The SMILES string of the molecule is Cc1ccc(C(=O)NNC(=O)CSc2nnc(-c3ccccc3Br)o2)cc1. The quantitative estimate of drug-likeness (QED) is 0.460. The highest BCUT2D eigenvalue weighted by Gasteiger charge is 2.13. The number of hydrogen-bond acceptors (Lipinski definition) is 6. The fourth-order valence-corrected chi connectivity index (χ4v) is 3.10. The standard InChI is InChI=1S/C18H15BrN4O3S/c1-11-6-8-12(9-7-11)16(25)21-20-15(24)10-27-18-23-22-17(26-18)13-4-2-3-5-14(13)19/h2-9H,10H2,1H3,(H,20,24)(H,21,25). The summed E-state index contributed by atoms with van der Waals surface area (Å²) in [5, 5.41) is 8.16. The van der Waals surface area contributed by atoms with Gasteiger partial charge in [0.15, 0.2) is 0 Å². The van der Waals surface area contributed by atoms with Crippen molar-refractivity contribution in [3.05, 3.63) is 64.1 Å². The van der Waals surface area contributed by atoms with Crippen LogP contribution in [0.5, 0.6) is 0 Å². The van der Waals surface area contributed by atoms with Crippen LogP contribution in [0.1, 0.15) is 15.9 Å². The molecule has 0 radical (unpaired) electrons. The lowest BCUT2D eigenvalue weighted by Crippen LogP contribution is -2.42. The van der Waals surface area contributed by atoms with Crippen LogP contribution in [0, 0.1) is 6.92 Å². The number of hydrogen-bond donors (Lipinski definition) is 2. The van der Waals surface area contributed by atoms with Gasteiger partial charge in [-0.15, -0.1) is 10.2 Å². The number of carbonyl (C=O) groups is 2. The normalized spacial score (nSPS) is 10.4. The molecule has 0 aliphatic heterocycles. The van der Waals surface area contributed by atoms with Crippen LogP contribution in [-0.2, 0) is 4.79 Å². The van der Waals surface area contributed by atoms with Gasteiger partial charge in [-0.3, -0.25) is 20.4 Å². The van der Waals surface area contributed by atoms with Gasteiger partial charge in [0.25, 0.3) is 11.1 Å². The fraction of sp³-hybridized carbons (Fsp3) is 0.111. The second-order valence-electron chi connectivity index (χ2n) is 5.51. The first-order valence-electron chi connectivity index (χ1n) is 7.90. The number of aryl methyl sites for hydroxylation is 1. The third kappa shape index (κ3) is 5.18. The van der Waals surface area contributed by atoms with E-state index >= 15 is 0 Å². The smallest absolute Gasteiger partial charge is 0.277 e.